The number of hydrogen-bond donors (Lipinski definition) is 0. The van der Waals surface area contributed by atoms with E-state index in [1.54, 1.807) is 0 Å². The summed E-state index contributed by atoms with van der Waals surface area (Å²) in [4.78, 5) is 14.9. The van der Waals surface area contributed by atoms with Crippen LogP contribution in [0.15, 0.2) is 83.8 Å². The van der Waals surface area contributed by atoms with Gasteiger partial charge in [-0.1, -0.05) is 30.3 Å². The van der Waals surface area contributed by atoms with Crippen molar-refractivity contribution in [2.45, 2.75) is 4.90 Å². The van der Waals surface area contributed by atoms with Crippen molar-refractivity contribution < 1.29 is 8.95 Å². The normalized spacial score (nSPS) is 16.8. The van der Waals surface area contributed by atoms with Crippen LogP contribution in [0.25, 0.3) is 11.0 Å². The van der Waals surface area contributed by atoms with Gasteiger partial charge in [0.15, 0.2) is 22.6 Å². The van der Waals surface area contributed by atoms with E-state index in [-0.39, 0.29) is 0 Å². The van der Waals surface area contributed by atoms with Crippen LogP contribution in [0.5, 0.6) is 0 Å². The fourth-order valence-corrected chi connectivity index (χ4v) is 5.40. The number of fused-ring (bicyclic) bond motifs is 2. The Bertz CT molecular complexity index is 1310. The van der Waals surface area contributed by atoms with E-state index < -0.39 is 11.0 Å². The molecule has 1 fully saturated rings. The zero-order valence-corrected chi connectivity index (χ0v) is 18.8. The number of nitrogens with zero attached hydrogens (tertiary/aromatic N) is 5. The van der Waals surface area contributed by atoms with Crippen LogP contribution in [0.3, 0.4) is 0 Å². The molecular weight excluding hydrogens is 434 g/mol. The summed E-state index contributed by atoms with van der Waals surface area (Å²) < 4.78 is 20.8. The summed E-state index contributed by atoms with van der Waals surface area (Å²) in [5.74, 6) is 1.35. The number of anilines is 4. The molecule has 0 amide bonds. The first-order valence-corrected chi connectivity index (χ1v) is 12.1. The zero-order valence-electron chi connectivity index (χ0n) is 18.0. The van der Waals surface area contributed by atoms with Crippen LogP contribution in [0.1, 0.15) is 0 Å². The highest BCUT2D eigenvalue weighted by atomic mass is 32.2. The molecule has 0 N–H and O–H groups in total. The molecule has 0 bridgehead atoms. The summed E-state index contributed by atoms with van der Waals surface area (Å²) >= 11 is 0. The minimum atomic E-state index is -1.40. The molecule has 0 spiro atoms. The number of aromatic nitrogens is 2. The molecule has 2 aliphatic heterocycles. The number of morpholine rings is 1. The zero-order chi connectivity index (χ0) is 22.2. The maximum absolute atomic E-state index is 13.5. The van der Waals surface area contributed by atoms with Crippen LogP contribution in [-0.4, -0.2) is 47.1 Å². The number of rotatable bonds is 4. The molecule has 3 aromatic carbocycles. The van der Waals surface area contributed by atoms with Crippen LogP contribution in [0.4, 0.5) is 23.0 Å². The predicted octanol–water partition coefficient (Wildman–Crippen LogP) is 4.10. The van der Waals surface area contributed by atoms with Crippen LogP contribution in [0.2, 0.25) is 0 Å². The quantitative estimate of drug-likeness (QED) is 0.460. The summed E-state index contributed by atoms with van der Waals surface area (Å²) in [6.45, 7) is 3.71. The Balaban J connectivity index is 1.39. The molecule has 3 heterocycles. The summed E-state index contributed by atoms with van der Waals surface area (Å²) in [7, 11) is -1.40. The Morgan fingerprint density at radius 2 is 1.33 bits per heavy atom. The van der Waals surface area contributed by atoms with Gasteiger partial charge in [-0.15, -0.1) is 0 Å². The number of para-hydroxylation sites is 2. The molecule has 0 aliphatic carbocycles. The molecule has 1 saturated heterocycles. The van der Waals surface area contributed by atoms with Gasteiger partial charge in [0, 0.05) is 24.5 Å². The van der Waals surface area contributed by atoms with Gasteiger partial charge in [-0.3, -0.25) is 0 Å². The molecule has 1 unspecified atom stereocenters. The van der Waals surface area contributed by atoms with Gasteiger partial charge >= 0.3 is 0 Å². The molecule has 4 aromatic rings. The third-order valence-electron chi connectivity index (χ3n) is 5.98. The molecule has 7 nitrogen and oxygen atoms in total. The van der Waals surface area contributed by atoms with Crippen molar-refractivity contribution in [1.29, 1.82) is 0 Å². The lowest BCUT2D eigenvalue weighted by atomic mass is 10.2. The summed E-state index contributed by atoms with van der Waals surface area (Å²) in [6.07, 6.45) is 0. The Morgan fingerprint density at radius 1 is 0.727 bits per heavy atom. The molecule has 8 heteroatoms. The Morgan fingerprint density at radius 3 is 2.03 bits per heavy atom. The summed E-state index contributed by atoms with van der Waals surface area (Å²) in [5, 5.41) is 0. The van der Waals surface area contributed by atoms with Gasteiger partial charge < -0.3 is 14.5 Å². The third kappa shape index (κ3) is 3.71. The van der Waals surface area contributed by atoms with E-state index >= 15 is 0 Å². The largest absolute Gasteiger partial charge is 0.378 e. The summed E-state index contributed by atoms with van der Waals surface area (Å²) in [6, 6.07) is 25.7. The maximum atomic E-state index is 13.5. The van der Waals surface area contributed by atoms with Crippen molar-refractivity contribution in [2.24, 2.45) is 0 Å². The predicted molar refractivity (Wildman–Crippen MR) is 131 cm³/mol. The van der Waals surface area contributed by atoms with E-state index in [9.17, 15) is 4.21 Å². The van der Waals surface area contributed by atoms with Crippen molar-refractivity contribution >= 4 is 45.0 Å². The van der Waals surface area contributed by atoms with Crippen molar-refractivity contribution in [2.75, 3.05) is 47.1 Å². The third-order valence-corrected chi connectivity index (χ3v) is 7.34. The first-order chi connectivity index (χ1) is 16.3. The highest BCUT2D eigenvalue weighted by Crippen LogP contribution is 2.41. The van der Waals surface area contributed by atoms with E-state index in [1.807, 2.05) is 58.9 Å². The number of benzene rings is 3. The van der Waals surface area contributed by atoms with Crippen molar-refractivity contribution in [1.82, 2.24) is 9.97 Å². The lowest BCUT2D eigenvalue weighted by molar-refractivity contribution is 0.122. The van der Waals surface area contributed by atoms with Gasteiger partial charge in [0.05, 0.1) is 29.1 Å². The minimum absolute atomic E-state index is 0.407. The molecule has 1 atom stereocenters. The molecule has 33 heavy (non-hydrogen) atoms. The lowest BCUT2D eigenvalue weighted by Crippen LogP contribution is -2.36. The van der Waals surface area contributed by atoms with Crippen LogP contribution in [-0.2, 0) is 15.7 Å². The average Bonchev–Trinajstić information content (AvgIpc) is 3.26. The van der Waals surface area contributed by atoms with Gasteiger partial charge in [-0.25, -0.2) is 18.5 Å². The standard InChI is InChI=1S/C25H23N5O2S/c31-33(21-6-2-1-3-7-21)30-18-29(24-25(30)27-23-9-5-4-8-22(23)26-24)20-12-10-19(11-13-20)28-14-16-32-17-15-28/h1-13H,14-18H2. The second-order valence-corrected chi connectivity index (χ2v) is 9.40. The minimum Gasteiger partial charge on any atom is -0.378 e. The molecule has 6 rings (SSSR count). The van der Waals surface area contributed by atoms with Crippen LogP contribution in [0, 0.1) is 0 Å². The fourth-order valence-electron chi connectivity index (χ4n) is 4.26. The maximum Gasteiger partial charge on any atom is 0.186 e. The second-order valence-electron chi connectivity index (χ2n) is 7.99. The van der Waals surface area contributed by atoms with E-state index in [1.165, 1.54) is 5.69 Å². The Hall–Kier alpha value is -3.49. The fraction of sp³-hybridized carbons (Fsp3) is 0.200. The first-order valence-electron chi connectivity index (χ1n) is 11.0. The van der Waals surface area contributed by atoms with Crippen molar-refractivity contribution in [3.05, 3.63) is 78.9 Å². The molecule has 0 saturated carbocycles. The first kappa shape index (κ1) is 20.1. The van der Waals surface area contributed by atoms with Crippen LogP contribution < -0.4 is 14.1 Å². The van der Waals surface area contributed by atoms with E-state index in [0.29, 0.717) is 12.5 Å². The molecule has 1 aromatic heterocycles. The lowest BCUT2D eigenvalue weighted by Gasteiger charge is -2.29. The number of hydrogen-bond acceptors (Lipinski definition) is 6. The molecular formula is C25H23N5O2S. The summed E-state index contributed by atoms with van der Waals surface area (Å²) in [5.41, 5.74) is 3.77. The monoisotopic (exact) mass is 457 g/mol. The highest BCUT2D eigenvalue weighted by molar-refractivity contribution is 7.86. The average molecular weight is 458 g/mol. The van der Waals surface area contributed by atoms with Gasteiger partial charge in [0.1, 0.15) is 6.67 Å². The molecule has 2 aliphatic rings. The van der Waals surface area contributed by atoms with E-state index in [0.717, 1.165) is 53.7 Å². The SMILES string of the molecule is O=S(c1ccccc1)N1CN(c2ccc(N3CCOCC3)cc2)c2nc3ccccc3nc21. The van der Waals surface area contributed by atoms with Crippen molar-refractivity contribution in [3.63, 3.8) is 0 Å². The smallest absolute Gasteiger partial charge is 0.186 e. The topological polar surface area (TPSA) is 61.8 Å². The second kappa shape index (κ2) is 8.46. The Kier molecular flexibility index (Phi) is 5.16. The van der Waals surface area contributed by atoms with Gasteiger partial charge in [-0.2, -0.15) is 0 Å². The van der Waals surface area contributed by atoms with E-state index in [4.69, 9.17) is 14.7 Å². The van der Waals surface area contributed by atoms with Gasteiger partial charge in [-0.05, 0) is 48.5 Å². The van der Waals surface area contributed by atoms with Crippen molar-refractivity contribution in [3.8, 4) is 0 Å². The van der Waals surface area contributed by atoms with Gasteiger partial charge in [0.2, 0.25) is 0 Å². The van der Waals surface area contributed by atoms with Gasteiger partial charge in [0.25, 0.3) is 0 Å². The van der Waals surface area contributed by atoms with Crippen LogP contribution >= 0.6 is 0 Å². The Labute approximate surface area is 194 Å². The molecule has 166 valence electrons. The van der Waals surface area contributed by atoms with E-state index in [2.05, 4.69) is 34.1 Å². The molecule has 0 radical (unpaired) electrons. The highest BCUT2D eigenvalue weighted by Gasteiger charge is 2.34. The number of ether oxygens (including phenoxy) is 1.